The minimum atomic E-state index is -3.63. The molecule has 7 nitrogen and oxygen atoms in total. The molecule has 2 aromatic heterocycles. The molecule has 0 atom stereocenters. The third-order valence-corrected chi connectivity index (χ3v) is 7.23. The highest BCUT2D eigenvalue weighted by Gasteiger charge is 2.27. The van der Waals surface area contributed by atoms with Gasteiger partial charge in [-0.25, -0.2) is 18.1 Å². The van der Waals surface area contributed by atoms with Crippen molar-refractivity contribution >= 4 is 27.3 Å². The van der Waals surface area contributed by atoms with Crippen LogP contribution in [0, 0.1) is 6.92 Å². The van der Waals surface area contributed by atoms with Crippen molar-refractivity contribution in [3.8, 4) is 10.7 Å². The molecule has 0 aromatic carbocycles. The second kappa shape index (κ2) is 7.03. The lowest BCUT2D eigenvalue weighted by molar-refractivity contribution is 0.0796. The Morgan fingerprint density at radius 1 is 1.26 bits per heavy atom. The summed E-state index contributed by atoms with van der Waals surface area (Å²) in [7, 11) is -1.85. The first-order chi connectivity index (χ1) is 12.5. The molecule has 27 heavy (non-hydrogen) atoms. The van der Waals surface area contributed by atoms with Crippen molar-refractivity contribution in [2.45, 2.75) is 51.0 Å². The monoisotopic (exact) mass is 410 g/mol. The molecule has 1 aliphatic heterocycles. The predicted molar refractivity (Wildman–Crippen MR) is 106 cm³/mol. The Hall–Kier alpha value is -1.71. The molecule has 0 radical (unpaired) electrons. The molecule has 1 amide bonds. The first kappa shape index (κ1) is 20.0. The van der Waals surface area contributed by atoms with Gasteiger partial charge < -0.3 is 9.47 Å². The van der Waals surface area contributed by atoms with Crippen LogP contribution >= 0.6 is 11.3 Å². The number of carbonyl (C=O) groups excluding carboxylic acids is 1. The molecule has 3 rings (SSSR count). The minimum Gasteiger partial charge on any atom is -0.347 e. The number of sulfonamides is 1. The van der Waals surface area contributed by atoms with E-state index in [9.17, 15) is 13.2 Å². The van der Waals surface area contributed by atoms with Crippen molar-refractivity contribution in [3.63, 3.8) is 0 Å². The number of aryl methyl sites for hydroxylation is 2. The lowest BCUT2D eigenvalue weighted by atomic mass is 10.1. The van der Waals surface area contributed by atoms with Crippen LogP contribution in [-0.4, -0.2) is 47.4 Å². The van der Waals surface area contributed by atoms with Crippen LogP contribution in [0.3, 0.4) is 0 Å². The summed E-state index contributed by atoms with van der Waals surface area (Å²) in [6.45, 7) is 8.80. The lowest BCUT2D eigenvalue weighted by Gasteiger charge is -2.19. The molecule has 0 spiro atoms. The van der Waals surface area contributed by atoms with Crippen LogP contribution in [0.5, 0.6) is 0 Å². The number of hydrogen-bond donors (Lipinski definition) is 1. The lowest BCUT2D eigenvalue weighted by Crippen LogP contribution is -2.40. The average Bonchev–Trinajstić information content (AvgIpc) is 3.23. The Morgan fingerprint density at radius 2 is 1.89 bits per heavy atom. The van der Waals surface area contributed by atoms with Gasteiger partial charge in [-0.3, -0.25) is 4.79 Å². The van der Waals surface area contributed by atoms with Gasteiger partial charge in [0.05, 0.1) is 11.4 Å². The van der Waals surface area contributed by atoms with Gasteiger partial charge in [-0.05, 0) is 46.6 Å². The van der Waals surface area contributed by atoms with E-state index < -0.39 is 15.6 Å². The smallest absolute Gasteiger partial charge is 0.265 e. The van der Waals surface area contributed by atoms with Crippen LogP contribution < -0.4 is 4.72 Å². The first-order valence-corrected chi connectivity index (χ1v) is 11.3. The number of nitrogens with one attached hydrogen (secondary N) is 1. The van der Waals surface area contributed by atoms with Gasteiger partial charge in [-0.1, -0.05) is 0 Å². The van der Waals surface area contributed by atoms with Gasteiger partial charge in [0.25, 0.3) is 5.91 Å². The molecule has 3 heterocycles. The Kier molecular flexibility index (Phi) is 5.22. The highest BCUT2D eigenvalue weighted by atomic mass is 32.2. The van der Waals surface area contributed by atoms with Gasteiger partial charge in [0.2, 0.25) is 10.0 Å². The zero-order chi connectivity index (χ0) is 20.0. The zero-order valence-corrected chi connectivity index (χ0v) is 18.0. The quantitative estimate of drug-likeness (QED) is 0.840. The van der Waals surface area contributed by atoms with Crippen molar-refractivity contribution in [2.75, 3.05) is 13.1 Å². The fraction of sp³-hybridized carbons (Fsp3) is 0.556. The number of nitrogens with zero attached hydrogens (tertiary/aromatic N) is 3. The summed E-state index contributed by atoms with van der Waals surface area (Å²) in [5, 5.41) is 0.648. The van der Waals surface area contributed by atoms with Gasteiger partial charge in [0.15, 0.2) is 0 Å². The maximum absolute atomic E-state index is 12.7. The van der Waals surface area contributed by atoms with Crippen LogP contribution in [0.4, 0.5) is 0 Å². The van der Waals surface area contributed by atoms with Crippen molar-refractivity contribution in [2.24, 2.45) is 7.05 Å². The van der Waals surface area contributed by atoms with E-state index in [0.29, 0.717) is 21.3 Å². The van der Waals surface area contributed by atoms with Gasteiger partial charge in [-0.15, -0.1) is 11.3 Å². The Labute approximate surface area is 164 Å². The highest BCUT2D eigenvalue weighted by molar-refractivity contribution is 7.89. The molecular weight excluding hydrogens is 384 g/mol. The van der Waals surface area contributed by atoms with Crippen LogP contribution in [0.25, 0.3) is 10.7 Å². The molecular formula is C18H26N4O3S2. The second-order valence-corrected chi connectivity index (χ2v) is 10.6. The normalized spacial score (nSPS) is 15.5. The second-order valence-electron chi connectivity index (χ2n) is 7.96. The summed E-state index contributed by atoms with van der Waals surface area (Å²) < 4.78 is 29.6. The maximum Gasteiger partial charge on any atom is 0.265 e. The number of carbonyl (C=O) groups is 1. The Morgan fingerprint density at radius 3 is 2.48 bits per heavy atom. The molecule has 0 saturated carbocycles. The van der Waals surface area contributed by atoms with Crippen LogP contribution in [0.15, 0.2) is 17.2 Å². The summed E-state index contributed by atoms with van der Waals surface area (Å²) in [6.07, 6.45) is 3.65. The standard InChI is InChI=1S/C18H26N4O3S2/c1-12-15(17(23)22-8-6-7-9-22)26-16(19-12)14-10-13(11-21(14)5)27(24,25)20-18(2,3)4/h10-11,20H,6-9H2,1-5H3. The summed E-state index contributed by atoms with van der Waals surface area (Å²) in [6, 6.07) is 1.61. The van der Waals surface area contributed by atoms with Crippen molar-refractivity contribution in [3.05, 3.63) is 22.8 Å². The van der Waals surface area contributed by atoms with E-state index in [1.807, 2.05) is 11.8 Å². The molecule has 0 aliphatic carbocycles. The molecule has 0 unspecified atom stereocenters. The molecule has 1 N–H and O–H groups in total. The zero-order valence-electron chi connectivity index (χ0n) is 16.4. The summed E-state index contributed by atoms with van der Waals surface area (Å²) in [4.78, 5) is 19.9. The highest BCUT2D eigenvalue weighted by Crippen LogP contribution is 2.31. The summed E-state index contributed by atoms with van der Waals surface area (Å²) >= 11 is 1.32. The number of hydrogen-bond acceptors (Lipinski definition) is 5. The average molecular weight is 411 g/mol. The van der Waals surface area contributed by atoms with Gasteiger partial charge in [-0.2, -0.15) is 0 Å². The van der Waals surface area contributed by atoms with Crippen LogP contribution in [0.1, 0.15) is 49.0 Å². The van der Waals surface area contributed by atoms with E-state index in [-0.39, 0.29) is 10.8 Å². The van der Waals surface area contributed by atoms with Crippen LogP contribution in [-0.2, 0) is 17.1 Å². The predicted octanol–water partition coefficient (Wildman–Crippen LogP) is 2.77. The summed E-state index contributed by atoms with van der Waals surface area (Å²) in [5.41, 5.74) is 0.797. The van der Waals surface area contributed by atoms with Gasteiger partial charge in [0, 0.05) is 31.9 Å². The van der Waals surface area contributed by atoms with E-state index in [4.69, 9.17) is 0 Å². The molecule has 1 aliphatic rings. The molecule has 9 heteroatoms. The van der Waals surface area contributed by atoms with Gasteiger partial charge >= 0.3 is 0 Å². The molecule has 0 bridgehead atoms. The van der Waals surface area contributed by atoms with E-state index in [1.165, 1.54) is 11.3 Å². The number of amides is 1. The van der Waals surface area contributed by atoms with Crippen LogP contribution in [0.2, 0.25) is 0 Å². The number of thiazole rings is 1. The van der Waals surface area contributed by atoms with Crippen molar-refractivity contribution in [1.29, 1.82) is 0 Å². The fourth-order valence-electron chi connectivity index (χ4n) is 3.12. The number of likely N-dealkylation sites (tertiary alicyclic amines) is 1. The van der Waals surface area contributed by atoms with Gasteiger partial charge in [0.1, 0.15) is 14.8 Å². The molecule has 148 valence electrons. The van der Waals surface area contributed by atoms with E-state index >= 15 is 0 Å². The van der Waals surface area contributed by atoms with Crippen molar-refractivity contribution in [1.82, 2.24) is 19.2 Å². The third kappa shape index (κ3) is 4.25. The largest absolute Gasteiger partial charge is 0.347 e. The third-order valence-electron chi connectivity index (χ3n) is 4.33. The summed E-state index contributed by atoms with van der Waals surface area (Å²) in [5.74, 6) is 0.0187. The number of rotatable bonds is 4. The van der Waals surface area contributed by atoms with Crippen molar-refractivity contribution < 1.29 is 13.2 Å². The van der Waals surface area contributed by atoms with E-state index in [2.05, 4.69) is 9.71 Å². The first-order valence-electron chi connectivity index (χ1n) is 8.95. The Bertz CT molecular complexity index is 961. The minimum absolute atomic E-state index is 0.0187. The van der Waals surface area contributed by atoms with E-state index in [0.717, 1.165) is 25.9 Å². The SMILES string of the molecule is Cc1nc(-c2cc(S(=O)(=O)NC(C)(C)C)cn2C)sc1C(=O)N1CCCC1. The topological polar surface area (TPSA) is 84.3 Å². The van der Waals surface area contributed by atoms with E-state index in [1.54, 1.807) is 44.6 Å². The number of aromatic nitrogens is 2. The Balaban J connectivity index is 1.93. The molecule has 1 saturated heterocycles. The maximum atomic E-state index is 12.7. The fourth-order valence-corrected chi connectivity index (χ4v) is 5.70. The molecule has 1 fully saturated rings. The molecule has 2 aromatic rings.